The SMILES string of the molecule is CC(=O)N1CC(C)Oc2ccc(S(=O)(=O)Nc3ccc(Cl)cc3Cl)cc21. The fourth-order valence-electron chi connectivity index (χ4n) is 2.66. The zero-order valence-corrected chi connectivity index (χ0v) is 16.3. The first-order chi connectivity index (χ1) is 12.2. The number of fused-ring (bicyclic) bond motifs is 1. The van der Waals surface area contributed by atoms with E-state index in [0.29, 0.717) is 23.0 Å². The van der Waals surface area contributed by atoms with Crippen molar-refractivity contribution in [1.82, 2.24) is 0 Å². The summed E-state index contributed by atoms with van der Waals surface area (Å²) in [7, 11) is -3.92. The third-order valence-corrected chi connectivity index (χ3v) is 5.77. The van der Waals surface area contributed by atoms with E-state index in [-0.39, 0.29) is 27.6 Å². The molecule has 1 amide bonds. The molecule has 1 heterocycles. The fraction of sp³-hybridized carbons (Fsp3) is 0.235. The van der Waals surface area contributed by atoms with Gasteiger partial charge in [0, 0.05) is 11.9 Å². The van der Waals surface area contributed by atoms with Crippen molar-refractivity contribution < 1.29 is 17.9 Å². The van der Waals surface area contributed by atoms with Crippen LogP contribution in [0.1, 0.15) is 13.8 Å². The Morgan fingerprint density at radius 1 is 1.23 bits per heavy atom. The maximum Gasteiger partial charge on any atom is 0.262 e. The molecule has 2 aromatic rings. The van der Waals surface area contributed by atoms with Crippen LogP contribution in [0.3, 0.4) is 0 Å². The highest BCUT2D eigenvalue weighted by Crippen LogP contribution is 2.36. The smallest absolute Gasteiger partial charge is 0.262 e. The summed E-state index contributed by atoms with van der Waals surface area (Å²) in [5, 5.41) is 0.580. The number of amides is 1. The number of nitrogens with one attached hydrogen (secondary N) is 1. The Kier molecular flexibility index (Phi) is 5.05. The van der Waals surface area contributed by atoms with Crippen LogP contribution in [0.25, 0.3) is 0 Å². The number of halogens is 2. The van der Waals surface area contributed by atoms with Crippen LogP contribution in [0.5, 0.6) is 5.75 Å². The van der Waals surface area contributed by atoms with Crippen molar-refractivity contribution in [2.24, 2.45) is 0 Å². The molecule has 1 unspecified atom stereocenters. The number of benzene rings is 2. The van der Waals surface area contributed by atoms with Crippen molar-refractivity contribution in [3.05, 3.63) is 46.4 Å². The Balaban J connectivity index is 1.98. The van der Waals surface area contributed by atoms with Crippen LogP contribution >= 0.6 is 23.2 Å². The summed E-state index contributed by atoms with van der Waals surface area (Å²) in [5.41, 5.74) is 0.628. The van der Waals surface area contributed by atoms with E-state index in [2.05, 4.69) is 4.72 Å². The Hall–Kier alpha value is -1.96. The molecule has 9 heteroatoms. The van der Waals surface area contributed by atoms with Crippen LogP contribution in [0, 0.1) is 0 Å². The Labute approximate surface area is 161 Å². The predicted molar refractivity (Wildman–Crippen MR) is 102 cm³/mol. The van der Waals surface area contributed by atoms with E-state index in [0.717, 1.165) is 0 Å². The average Bonchev–Trinajstić information content (AvgIpc) is 2.56. The van der Waals surface area contributed by atoms with Gasteiger partial charge in [-0.15, -0.1) is 0 Å². The molecular weight excluding hydrogens is 399 g/mol. The first-order valence-corrected chi connectivity index (χ1v) is 9.98. The van der Waals surface area contributed by atoms with Gasteiger partial charge in [0.15, 0.2) is 0 Å². The van der Waals surface area contributed by atoms with E-state index >= 15 is 0 Å². The number of ether oxygens (including phenoxy) is 1. The quantitative estimate of drug-likeness (QED) is 0.825. The molecule has 0 radical (unpaired) electrons. The third kappa shape index (κ3) is 3.75. The molecule has 1 aliphatic rings. The van der Waals surface area contributed by atoms with Crippen LogP contribution in [-0.2, 0) is 14.8 Å². The number of carbonyl (C=O) groups excluding carboxylic acids is 1. The minimum absolute atomic E-state index is 0.00771. The molecule has 0 aromatic heterocycles. The first kappa shape index (κ1) is 18.8. The molecule has 3 rings (SSSR count). The molecule has 0 spiro atoms. The summed E-state index contributed by atoms with van der Waals surface area (Å²) in [6, 6.07) is 8.83. The van der Waals surface area contributed by atoms with Gasteiger partial charge in [0.05, 0.1) is 27.8 Å². The fourth-order valence-corrected chi connectivity index (χ4v) is 4.27. The molecule has 0 saturated carbocycles. The highest BCUT2D eigenvalue weighted by atomic mass is 35.5. The van der Waals surface area contributed by atoms with E-state index in [1.165, 1.54) is 42.2 Å². The van der Waals surface area contributed by atoms with Gasteiger partial charge in [-0.1, -0.05) is 23.2 Å². The van der Waals surface area contributed by atoms with E-state index in [1.54, 1.807) is 6.07 Å². The van der Waals surface area contributed by atoms with Crippen molar-refractivity contribution in [2.75, 3.05) is 16.2 Å². The topological polar surface area (TPSA) is 75.7 Å². The number of carbonyl (C=O) groups is 1. The lowest BCUT2D eigenvalue weighted by Gasteiger charge is -2.33. The average molecular weight is 415 g/mol. The molecule has 138 valence electrons. The number of hydrogen-bond donors (Lipinski definition) is 1. The van der Waals surface area contributed by atoms with Crippen LogP contribution in [0.15, 0.2) is 41.3 Å². The second kappa shape index (κ2) is 6.98. The molecule has 1 aliphatic heterocycles. The van der Waals surface area contributed by atoms with Gasteiger partial charge >= 0.3 is 0 Å². The molecule has 1 N–H and O–H groups in total. The van der Waals surface area contributed by atoms with Crippen molar-refractivity contribution in [1.29, 1.82) is 0 Å². The third-order valence-electron chi connectivity index (χ3n) is 3.85. The zero-order chi connectivity index (χ0) is 19.1. The zero-order valence-electron chi connectivity index (χ0n) is 14.0. The number of anilines is 2. The molecule has 0 saturated heterocycles. The monoisotopic (exact) mass is 414 g/mol. The largest absolute Gasteiger partial charge is 0.487 e. The van der Waals surface area contributed by atoms with Gasteiger partial charge in [0.25, 0.3) is 10.0 Å². The van der Waals surface area contributed by atoms with Crippen molar-refractivity contribution in [3.8, 4) is 5.75 Å². The molecule has 0 fully saturated rings. The molecule has 0 aliphatic carbocycles. The minimum atomic E-state index is -3.92. The second-order valence-corrected chi connectivity index (χ2v) is 8.44. The van der Waals surface area contributed by atoms with Gasteiger partial charge < -0.3 is 9.64 Å². The second-order valence-electron chi connectivity index (χ2n) is 5.92. The van der Waals surface area contributed by atoms with Gasteiger partial charge in [0.2, 0.25) is 5.91 Å². The Morgan fingerprint density at radius 3 is 2.62 bits per heavy atom. The molecule has 26 heavy (non-hydrogen) atoms. The summed E-state index contributed by atoms with van der Waals surface area (Å²) in [4.78, 5) is 13.4. The molecular formula is C17H16Cl2N2O4S. The van der Waals surface area contributed by atoms with Gasteiger partial charge in [-0.05, 0) is 43.3 Å². The lowest BCUT2D eigenvalue weighted by Crippen LogP contribution is -2.41. The van der Waals surface area contributed by atoms with Crippen LogP contribution in [0.2, 0.25) is 10.0 Å². The number of hydrogen-bond acceptors (Lipinski definition) is 4. The number of sulfonamides is 1. The van der Waals surface area contributed by atoms with E-state index < -0.39 is 10.0 Å². The number of nitrogens with zero attached hydrogens (tertiary/aromatic N) is 1. The van der Waals surface area contributed by atoms with Crippen molar-refractivity contribution in [2.45, 2.75) is 24.8 Å². The van der Waals surface area contributed by atoms with Crippen LogP contribution < -0.4 is 14.4 Å². The van der Waals surface area contributed by atoms with Gasteiger partial charge in [-0.25, -0.2) is 8.42 Å². The van der Waals surface area contributed by atoms with Gasteiger partial charge in [0.1, 0.15) is 11.9 Å². The summed E-state index contributed by atoms with van der Waals surface area (Å²) >= 11 is 11.9. The van der Waals surface area contributed by atoms with Gasteiger partial charge in [-0.3, -0.25) is 9.52 Å². The van der Waals surface area contributed by atoms with E-state index in [4.69, 9.17) is 27.9 Å². The minimum Gasteiger partial charge on any atom is -0.487 e. The number of rotatable bonds is 3. The highest BCUT2D eigenvalue weighted by Gasteiger charge is 2.28. The van der Waals surface area contributed by atoms with E-state index in [1.807, 2.05) is 6.92 Å². The van der Waals surface area contributed by atoms with Crippen LogP contribution in [-0.4, -0.2) is 27.0 Å². The Morgan fingerprint density at radius 2 is 1.96 bits per heavy atom. The van der Waals surface area contributed by atoms with Crippen molar-refractivity contribution in [3.63, 3.8) is 0 Å². The van der Waals surface area contributed by atoms with Gasteiger partial charge in [-0.2, -0.15) is 0 Å². The standard InChI is InChI=1S/C17H16Cl2N2O4S/c1-10-9-21(11(2)22)16-8-13(4-6-17(16)25-10)26(23,24)20-15-5-3-12(18)7-14(15)19/h3-8,10,20H,9H2,1-2H3. The normalized spacial score (nSPS) is 16.6. The molecule has 0 bridgehead atoms. The summed E-state index contributed by atoms with van der Waals surface area (Å²) in [5.74, 6) is 0.270. The summed E-state index contributed by atoms with van der Waals surface area (Å²) < 4.78 is 33.5. The van der Waals surface area contributed by atoms with Crippen LogP contribution in [0.4, 0.5) is 11.4 Å². The Bertz CT molecular complexity index is 979. The van der Waals surface area contributed by atoms with Crippen molar-refractivity contribution >= 4 is 50.5 Å². The van der Waals surface area contributed by atoms with E-state index in [9.17, 15) is 13.2 Å². The molecule has 6 nitrogen and oxygen atoms in total. The maximum absolute atomic E-state index is 12.7. The lowest BCUT2D eigenvalue weighted by molar-refractivity contribution is -0.117. The summed E-state index contributed by atoms with van der Waals surface area (Å²) in [6.45, 7) is 3.62. The lowest BCUT2D eigenvalue weighted by atomic mass is 10.2. The predicted octanol–water partition coefficient (Wildman–Crippen LogP) is 3.93. The highest BCUT2D eigenvalue weighted by molar-refractivity contribution is 7.92. The first-order valence-electron chi connectivity index (χ1n) is 7.74. The molecule has 1 atom stereocenters. The summed E-state index contributed by atoms with van der Waals surface area (Å²) in [6.07, 6.45) is -0.181. The maximum atomic E-state index is 12.7. The molecule has 2 aromatic carbocycles.